The van der Waals surface area contributed by atoms with E-state index in [0.29, 0.717) is 44.9 Å². The van der Waals surface area contributed by atoms with Crippen molar-refractivity contribution in [1.29, 1.82) is 0 Å². The number of likely N-dealkylation sites (tertiary alicyclic amines) is 1. The summed E-state index contributed by atoms with van der Waals surface area (Å²) < 4.78 is 9.68. The van der Waals surface area contributed by atoms with Gasteiger partial charge in [0.25, 0.3) is 11.7 Å². The largest absolute Gasteiger partial charge is 0.396 e. The molecule has 1 atom stereocenters. The molecule has 11 heteroatoms. The molecule has 1 unspecified atom stereocenters. The van der Waals surface area contributed by atoms with Crippen molar-refractivity contribution in [3.05, 3.63) is 35.9 Å². The van der Waals surface area contributed by atoms with E-state index in [0.717, 1.165) is 18.1 Å². The molecule has 0 aromatic carbocycles. The molecule has 1 saturated heterocycles. The first-order chi connectivity index (χ1) is 13.7. The molecule has 1 N–H and O–H groups in total. The fourth-order valence-corrected chi connectivity index (χ4v) is 3.86. The van der Waals surface area contributed by atoms with Crippen molar-refractivity contribution in [2.45, 2.75) is 38.0 Å². The van der Waals surface area contributed by atoms with E-state index in [1.54, 1.807) is 23.4 Å². The summed E-state index contributed by atoms with van der Waals surface area (Å²) in [5.41, 5.74) is -0.462. The number of ether oxygens (including phenoxy) is 1. The average Bonchev–Trinajstić information content (AvgIpc) is 3.43. The normalized spacial score (nSPS) is 21.5. The molecule has 2 aliphatic rings. The Bertz CT molecular complexity index is 998. The predicted octanol–water partition coefficient (Wildman–Crippen LogP) is -0.544. The van der Waals surface area contributed by atoms with Crippen LogP contribution in [-0.4, -0.2) is 75.6 Å². The van der Waals surface area contributed by atoms with Gasteiger partial charge in [-0.05, 0) is 18.9 Å². The van der Waals surface area contributed by atoms with Crippen molar-refractivity contribution >= 4 is 11.7 Å². The third-order valence-electron chi connectivity index (χ3n) is 5.33. The van der Waals surface area contributed by atoms with Gasteiger partial charge in [0.15, 0.2) is 5.82 Å². The number of aliphatic hydroxyl groups is 1. The second-order valence-electron chi connectivity index (χ2n) is 7.19. The highest BCUT2D eigenvalue weighted by Gasteiger charge is 2.45. The quantitative estimate of drug-likeness (QED) is 0.636. The zero-order chi connectivity index (χ0) is 19.1. The van der Waals surface area contributed by atoms with Crippen molar-refractivity contribution in [2.24, 2.45) is 0 Å². The van der Waals surface area contributed by atoms with Crippen molar-refractivity contribution in [2.75, 3.05) is 19.7 Å². The van der Waals surface area contributed by atoms with Gasteiger partial charge in [-0.25, -0.2) is 9.50 Å². The molecule has 2 aliphatic heterocycles. The van der Waals surface area contributed by atoms with Crippen LogP contribution < -0.4 is 0 Å². The molecular formula is C17H20N8O3. The maximum absolute atomic E-state index is 12.9. The second-order valence-corrected chi connectivity index (χ2v) is 7.19. The van der Waals surface area contributed by atoms with Crippen LogP contribution in [0.25, 0.3) is 5.78 Å². The molecule has 0 saturated carbocycles. The van der Waals surface area contributed by atoms with Crippen molar-refractivity contribution < 1.29 is 14.6 Å². The minimum atomic E-state index is -0.462. The van der Waals surface area contributed by atoms with Crippen LogP contribution in [0.3, 0.4) is 0 Å². The Kier molecular flexibility index (Phi) is 4.05. The third kappa shape index (κ3) is 2.83. The highest BCUT2D eigenvalue weighted by atomic mass is 16.5. The highest BCUT2D eigenvalue weighted by Crippen LogP contribution is 2.33. The molecule has 11 nitrogen and oxygen atoms in total. The fourth-order valence-electron chi connectivity index (χ4n) is 3.86. The lowest BCUT2D eigenvalue weighted by atomic mass is 10.0. The Balaban J connectivity index is 1.34. The van der Waals surface area contributed by atoms with E-state index in [1.807, 2.05) is 0 Å². The van der Waals surface area contributed by atoms with Crippen molar-refractivity contribution in [3.63, 3.8) is 0 Å². The minimum Gasteiger partial charge on any atom is -0.396 e. The Morgan fingerprint density at radius 1 is 1.32 bits per heavy atom. The van der Waals surface area contributed by atoms with E-state index in [-0.39, 0.29) is 18.3 Å². The molecule has 0 radical (unpaired) electrons. The smallest absolute Gasteiger partial charge is 0.293 e. The number of carbonyl (C=O) groups is 1. The molecule has 1 spiro atoms. The number of carbonyl (C=O) groups excluding carboxylic acids is 1. The zero-order valence-corrected chi connectivity index (χ0v) is 15.2. The molecular weight excluding hydrogens is 364 g/mol. The van der Waals surface area contributed by atoms with Gasteiger partial charge >= 0.3 is 0 Å². The lowest BCUT2D eigenvalue weighted by molar-refractivity contribution is -0.0815. The maximum Gasteiger partial charge on any atom is 0.293 e. The van der Waals surface area contributed by atoms with Gasteiger partial charge in [-0.1, -0.05) is 0 Å². The van der Waals surface area contributed by atoms with Crippen LogP contribution in [0.1, 0.15) is 35.1 Å². The predicted molar refractivity (Wildman–Crippen MR) is 94.3 cm³/mol. The number of rotatable bonds is 4. The molecule has 0 aliphatic carbocycles. The minimum absolute atomic E-state index is 0.118. The van der Waals surface area contributed by atoms with E-state index in [2.05, 4.69) is 29.8 Å². The third-order valence-corrected chi connectivity index (χ3v) is 5.33. The van der Waals surface area contributed by atoms with Crippen LogP contribution >= 0.6 is 0 Å². The standard InChI is InChI=1S/C17H20N8O3/c26-8-1-3-12-20-21-13-9-28-17(11-24(12)13)4-7-23(10-17)15(27)14-19-16-18-5-2-6-25(16)22-14/h2,5-6,26H,1,3-4,7-11H2. The SMILES string of the molecule is O=C(c1nc2ncccn2n1)N1CCC2(C1)Cn1c(CCCO)nnc1CO2. The monoisotopic (exact) mass is 384 g/mol. The van der Waals surface area contributed by atoms with Gasteiger partial charge in [0.2, 0.25) is 5.82 Å². The molecule has 3 aromatic rings. The van der Waals surface area contributed by atoms with E-state index in [4.69, 9.17) is 9.84 Å². The Labute approximate surface area is 160 Å². The van der Waals surface area contributed by atoms with Gasteiger partial charge in [0.1, 0.15) is 18.0 Å². The summed E-state index contributed by atoms with van der Waals surface area (Å²) in [6, 6.07) is 1.74. The van der Waals surface area contributed by atoms with Gasteiger partial charge in [-0.15, -0.1) is 15.3 Å². The van der Waals surface area contributed by atoms with E-state index in [1.165, 1.54) is 4.52 Å². The maximum atomic E-state index is 12.9. The fraction of sp³-hybridized carbons (Fsp3) is 0.529. The molecule has 1 amide bonds. The van der Waals surface area contributed by atoms with Crippen LogP contribution in [0.5, 0.6) is 0 Å². The average molecular weight is 384 g/mol. The summed E-state index contributed by atoms with van der Waals surface area (Å²) in [4.78, 5) is 23.0. The van der Waals surface area contributed by atoms with Gasteiger partial charge in [-0.3, -0.25) is 4.79 Å². The first-order valence-electron chi connectivity index (χ1n) is 9.30. The number of aromatic nitrogens is 7. The molecule has 146 valence electrons. The van der Waals surface area contributed by atoms with Gasteiger partial charge in [-0.2, -0.15) is 4.98 Å². The first kappa shape index (κ1) is 17.2. The Morgan fingerprint density at radius 2 is 2.25 bits per heavy atom. The van der Waals surface area contributed by atoms with Gasteiger partial charge in [0.05, 0.1) is 13.1 Å². The molecule has 28 heavy (non-hydrogen) atoms. The van der Waals surface area contributed by atoms with Crippen LogP contribution in [0.2, 0.25) is 0 Å². The first-order valence-corrected chi connectivity index (χ1v) is 9.30. The number of fused-ring (bicyclic) bond motifs is 2. The number of aliphatic hydroxyl groups excluding tert-OH is 1. The highest BCUT2D eigenvalue weighted by molar-refractivity contribution is 5.91. The van der Waals surface area contributed by atoms with Gasteiger partial charge in [0, 0.05) is 32.0 Å². The van der Waals surface area contributed by atoms with Crippen LogP contribution in [0, 0.1) is 0 Å². The van der Waals surface area contributed by atoms with Crippen molar-refractivity contribution in [1.82, 2.24) is 39.2 Å². The van der Waals surface area contributed by atoms with E-state index >= 15 is 0 Å². The number of hydrogen-bond donors (Lipinski definition) is 1. The summed E-state index contributed by atoms with van der Waals surface area (Å²) in [5, 5.41) is 21.7. The molecule has 5 rings (SSSR count). The summed E-state index contributed by atoms with van der Waals surface area (Å²) in [6.07, 6.45) is 5.36. The molecule has 3 aromatic heterocycles. The molecule has 1 fully saturated rings. The van der Waals surface area contributed by atoms with E-state index in [9.17, 15) is 4.79 Å². The summed E-state index contributed by atoms with van der Waals surface area (Å²) in [7, 11) is 0. The number of aryl methyl sites for hydroxylation is 1. The lowest BCUT2D eigenvalue weighted by Gasteiger charge is -2.34. The topological polar surface area (TPSA) is 124 Å². The number of nitrogens with zero attached hydrogens (tertiary/aromatic N) is 8. The van der Waals surface area contributed by atoms with Crippen molar-refractivity contribution in [3.8, 4) is 0 Å². The Morgan fingerprint density at radius 3 is 3.11 bits per heavy atom. The number of hydrogen-bond acceptors (Lipinski definition) is 8. The number of amides is 1. The lowest BCUT2D eigenvalue weighted by Crippen LogP contribution is -2.45. The second kappa shape index (κ2) is 6.60. The summed E-state index contributed by atoms with van der Waals surface area (Å²) in [6.45, 7) is 2.12. The Hall–Kier alpha value is -2.92. The van der Waals surface area contributed by atoms with Gasteiger partial charge < -0.3 is 19.3 Å². The van der Waals surface area contributed by atoms with Crippen LogP contribution in [0.4, 0.5) is 0 Å². The summed E-state index contributed by atoms with van der Waals surface area (Å²) in [5.74, 6) is 1.96. The molecule has 5 heterocycles. The van der Waals surface area contributed by atoms with E-state index < -0.39 is 5.60 Å². The van der Waals surface area contributed by atoms with Crippen LogP contribution in [-0.2, 0) is 24.3 Å². The summed E-state index contributed by atoms with van der Waals surface area (Å²) >= 11 is 0. The zero-order valence-electron chi connectivity index (χ0n) is 15.2. The van der Waals surface area contributed by atoms with Crippen LogP contribution in [0.15, 0.2) is 18.5 Å². The molecule has 0 bridgehead atoms.